The Morgan fingerprint density at radius 1 is 1.20 bits per heavy atom. The third-order valence-electron chi connectivity index (χ3n) is 5.56. The molecule has 0 aliphatic carbocycles. The van der Waals surface area contributed by atoms with E-state index in [4.69, 9.17) is 4.74 Å². The van der Waals surface area contributed by atoms with Gasteiger partial charge in [0.2, 0.25) is 5.78 Å². The number of nitro groups is 1. The van der Waals surface area contributed by atoms with Gasteiger partial charge in [0.05, 0.1) is 37.7 Å². The number of amides is 1. The van der Waals surface area contributed by atoms with E-state index < -0.39 is 34.2 Å². The third-order valence-corrected chi connectivity index (χ3v) is 5.56. The normalized spacial score (nSPS) is 17.5. The number of carbonyl (C=O) groups excluding carboxylic acids is 2. The minimum Gasteiger partial charge on any atom is -0.872 e. The second-order valence-electron chi connectivity index (χ2n) is 8.95. The number of nitrogens with one attached hydrogen (secondary N) is 1. The molecule has 0 spiro atoms. The maximum absolute atomic E-state index is 14.6. The molecule has 0 radical (unpaired) electrons. The number of carbonyl (C=O) groups is 2. The van der Waals surface area contributed by atoms with Crippen LogP contribution in [0, 0.1) is 15.9 Å². The first kappa shape index (κ1) is 25.8. The van der Waals surface area contributed by atoms with Crippen molar-refractivity contribution < 1.29 is 33.6 Å². The van der Waals surface area contributed by atoms with Crippen molar-refractivity contribution in [3.63, 3.8) is 0 Å². The number of likely N-dealkylation sites (tertiary alicyclic amines) is 1. The summed E-state index contributed by atoms with van der Waals surface area (Å²) in [5, 5.41) is 24.8. The molecule has 3 rings (SSSR count). The highest BCUT2D eigenvalue weighted by Gasteiger charge is 2.44. The number of nitro benzene ring substituents is 1. The maximum atomic E-state index is 14.6. The lowest BCUT2D eigenvalue weighted by atomic mass is 9.95. The van der Waals surface area contributed by atoms with Gasteiger partial charge in [-0.1, -0.05) is 24.0 Å². The van der Waals surface area contributed by atoms with Crippen molar-refractivity contribution in [3.8, 4) is 5.75 Å². The number of nitrogens with zero attached hydrogens (tertiary/aromatic N) is 2. The zero-order valence-electron chi connectivity index (χ0n) is 20.0. The van der Waals surface area contributed by atoms with Crippen LogP contribution in [0.2, 0.25) is 0 Å². The Kier molecular flexibility index (Phi) is 7.85. The summed E-state index contributed by atoms with van der Waals surface area (Å²) in [6.07, 6.45) is 0.259. The van der Waals surface area contributed by atoms with Crippen LogP contribution in [0.3, 0.4) is 0 Å². The molecule has 1 saturated heterocycles. The summed E-state index contributed by atoms with van der Waals surface area (Å²) in [6.45, 7) is 4.33. The highest BCUT2D eigenvalue weighted by atomic mass is 19.1. The number of quaternary nitrogens is 1. The second-order valence-corrected chi connectivity index (χ2v) is 8.95. The molecule has 1 fully saturated rings. The van der Waals surface area contributed by atoms with Gasteiger partial charge in [-0.05, 0) is 37.1 Å². The first-order chi connectivity index (χ1) is 16.5. The van der Waals surface area contributed by atoms with Crippen molar-refractivity contribution in [1.82, 2.24) is 4.90 Å². The summed E-state index contributed by atoms with van der Waals surface area (Å²) in [5.41, 5.74) is -0.450. The van der Waals surface area contributed by atoms with Crippen molar-refractivity contribution >= 4 is 23.1 Å². The topological polar surface area (TPSA) is 117 Å². The number of hydrogen-bond acceptors (Lipinski definition) is 6. The van der Waals surface area contributed by atoms with Crippen LogP contribution < -0.4 is 14.7 Å². The molecular formula is C25H28FN3O6. The van der Waals surface area contributed by atoms with Crippen LogP contribution in [-0.4, -0.2) is 54.8 Å². The summed E-state index contributed by atoms with van der Waals surface area (Å²) >= 11 is 0. The van der Waals surface area contributed by atoms with Crippen LogP contribution in [0.4, 0.5) is 10.1 Å². The van der Waals surface area contributed by atoms with Gasteiger partial charge in [-0.15, -0.1) is 0 Å². The van der Waals surface area contributed by atoms with Crippen LogP contribution in [0.25, 0.3) is 5.76 Å². The number of benzene rings is 2. The Labute approximate surface area is 202 Å². The van der Waals surface area contributed by atoms with Gasteiger partial charge in [-0.2, -0.15) is 0 Å². The lowest BCUT2D eigenvalue weighted by Gasteiger charge is -2.27. The Hall–Kier alpha value is -3.79. The van der Waals surface area contributed by atoms with E-state index in [0.29, 0.717) is 13.0 Å². The minimum atomic E-state index is -1.12. The Morgan fingerprint density at radius 2 is 1.91 bits per heavy atom. The highest BCUT2D eigenvalue weighted by Crippen LogP contribution is 2.40. The van der Waals surface area contributed by atoms with E-state index in [9.17, 15) is 29.2 Å². The van der Waals surface area contributed by atoms with Gasteiger partial charge in [-0.3, -0.25) is 19.7 Å². The second kappa shape index (κ2) is 10.6. The molecular weight excluding hydrogens is 457 g/mol. The fraction of sp³-hybridized carbons (Fsp3) is 0.360. The van der Waals surface area contributed by atoms with Crippen LogP contribution >= 0.6 is 0 Å². The van der Waals surface area contributed by atoms with Gasteiger partial charge in [0.15, 0.2) is 11.6 Å². The molecule has 1 unspecified atom stereocenters. The summed E-state index contributed by atoms with van der Waals surface area (Å²) in [7, 11) is 3.88. The molecule has 10 heteroatoms. The SMILES string of the molecule is CC(C)Oc1ccc(C([O-])=C2C(=O)C(=O)N(CCC[NH+](C)C)C2c2cccc([N+](=O)[O-])c2)cc1F. The van der Waals surface area contributed by atoms with Crippen LogP contribution in [0.5, 0.6) is 5.75 Å². The van der Waals surface area contributed by atoms with Crippen LogP contribution in [0.15, 0.2) is 48.0 Å². The quantitative estimate of drug-likeness (QED) is 0.188. The number of ether oxygens (including phenoxy) is 1. The lowest BCUT2D eigenvalue weighted by Crippen LogP contribution is -3.05. The van der Waals surface area contributed by atoms with E-state index in [0.717, 1.165) is 11.0 Å². The molecule has 1 aliphatic heterocycles. The average molecular weight is 486 g/mol. The van der Waals surface area contributed by atoms with Crippen LogP contribution in [-0.2, 0) is 9.59 Å². The van der Waals surface area contributed by atoms with Gasteiger partial charge < -0.3 is 19.6 Å². The summed E-state index contributed by atoms with van der Waals surface area (Å²) in [5.74, 6) is -3.49. The number of halogens is 1. The number of rotatable bonds is 9. The number of non-ortho nitro benzene ring substituents is 1. The molecule has 1 amide bonds. The number of ketones is 1. The van der Waals surface area contributed by atoms with Crippen LogP contribution in [0.1, 0.15) is 37.4 Å². The van der Waals surface area contributed by atoms with Gasteiger partial charge in [-0.25, -0.2) is 4.39 Å². The Balaban J connectivity index is 2.12. The van der Waals surface area contributed by atoms with E-state index in [1.54, 1.807) is 13.8 Å². The van der Waals surface area contributed by atoms with Crippen molar-refractivity contribution in [2.45, 2.75) is 32.4 Å². The van der Waals surface area contributed by atoms with E-state index in [-0.39, 0.29) is 40.8 Å². The van der Waals surface area contributed by atoms with E-state index in [1.165, 1.54) is 41.3 Å². The Bertz CT molecular complexity index is 1180. The van der Waals surface area contributed by atoms with Crippen molar-refractivity contribution in [1.29, 1.82) is 0 Å². The van der Waals surface area contributed by atoms with Gasteiger partial charge in [0, 0.05) is 30.7 Å². The smallest absolute Gasteiger partial charge is 0.295 e. The van der Waals surface area contributed by atoms with E-state index in [2.05, 4.69) is 0 Å². The summed E-state index contributed by atoms with van der Waals surface area (Å²) in [4.78, 5) is 39.1. The largest absolute Gasteiger partial charge is 0.872 e. The molecule has 1 atom stereocenters. The number of Topliss-reactive ketones (excluding diaryl/α,β-unsaturated/α-hetero) is 1. The molecule has 1 N–H and O–H groups in total. The lowest BCUT2D eigenvalue weighted by molar-refractivity contribution is -0.858. The van der Waals surface area contributed by atoms with Gasteiger partial charge >= 0.3 is 0 Å². The molecule has 0 saturated carbocycles. The third kappa shape index (κ3) is 5.65. The van der Waals surface area contributed by atoms with E-state index >= 15 is 0 Å². The fourth-order valence-electron chi connectivity index (χ4n) is 4.01. The van der Waals surface area contributed by atoms with Crippen molar-refractivity contribution in [2.75, 3.05) is 27.2 Å². The number of hydrogen-bond donors (Lipinski definition) is 1. The van der Waals surface area contributed by atoms with Crippen molar-refractivity contribution in [2.24, 2.45) is 0 Å². The summed E-state index contributed by atoms with van der Waals surface area (Å²) < 4.78 is 19.9. The molecule has 0 bridgehead atoms. The average Bonchev–Trinajstić information content (AvgIpc) is 3.04. The molecule has 1 heterocycles. The minimum absolute atomic E-state index is 0.0431. The zero-order valence-corrected chi connectivity index (χ0v) is 20.0. The monoisotopic (exact) mass is 485 g/mol. The standard InChI is InChI=1S/C25H28FN3O6/c1-15(2)35-20-10-9-17(14-19(20)26)23(30)21-22(16-7-5-8-18(13-16)29(33)34)28(25(32)24(21)31)12-6-11-27(3)4/h5,7-10,13-15,22,30H,6,11-12H2,1-4H3. The van der Waals surface area contributed by atoms with Gasteiger partial charge in [0.25, 0.3) is 11.6 Å². The predicted molar refractivity (Wildman–Crippen MR) is 124 cm³/mol. The fourth-order valence-corrected chi connectivity index (χ4v) is 4.01. The predicted octanol–water partition coefficient (Wildman–Crippen LogP) is 1.28. The molecule has 2 aromatic rings. The van der Waals surface area contributed by atoms with Crippen molar-refractivity contribution in [3.05, 3.63) is 75.1 Å². The molecule has 186 valence electrons. The highest BCUT2D eigenvalue weighted by molar-refractivity contribution is 6.46. The van der Waals surface area contributed by atoms with E-state index in [1.807, 2.05) is 14.1 Å². The first-order valence-corrected chi connectivity index (χ1v) is 11.3. The molecule has 2 aromatic carbocycles. The molecule has 1 aliphatic rings. The zero-order chi connectivity index (χ0) is 25.9. The Morgan fingerprint density at radius 3 is 2.51 bits per heavy atom. The molecule has 9 nitrogen and oxygen atoms in total. The molecule has 0 aromatic heterocycles. The van der Waals surface area contributed by atoms with Gasteiger partial charge in [0.1, 0.15) is 0 Å². The summed E-state index contributed by atoms with van der Waals surface area (Å²) in [6, 6.07) is 7.97. The first-order valence-electron chi connectivity index (χ1n) is 11.3. The maximum Gasteiger partial charge on any atom is 0.295 e. The molecule has 35 heavy (non-hydrogen) atoms.